The summed E-state index contributed by atoms with van der Waals surface area (Å²) in [7, 11) is 1.70. The molecule has 17 heavy (non-hydrogen) atoms. The molecule has 1 fully saturated rings. The first kappa shape index (κ1) is 11.9. The maximum atomic E-state index is 10.6. The molecule has 0 spiro atoms. The van der Waals surface area contributed by atoms with Crippen molar-refractivity contribution < 1.29 is 9.66 Å². The zero-order valence-electron chi connectivity index (χ0n) is 9.83. The second-order valence-corrected chi connectivity index (χ2v) is 4.22. The highest BCUT2D eigenvalue weighted by atomic mass is 16.6. The van der Waals surface area contributed by atoms with Gasteiger partial charge in [0.25, 0.3) is 5.69 Å². The van der Waals surface area contributed by atoms with Crippen molar-refractivity contribution in [2.75, 3.05) is 25.2 Å². The third-order valence-corrected chi connectivity index (χ3v) is 3.13. The van der Waals surface area contributed by atoms with E-state index in [4.69, 9.17) is 4.74 Å². The Kier molecular flexibility index (Phi) is 3.58. The minimum Gasteiger partial charge on any atom is -0.383 e. The molecule has 92 valence electrons. The Hall–Kier alpha value is -1.62. The second-order valence-electron chi connectivity index (χ2n) is 4.22. The van der Waals surface area contributed by atoms with E-state index in [9.17, 15) is 10.1 Å². The van der Waals surface area contributed by atoms with E-state index < -0.39 is 0 Å². The summed E-state index contributed by atoms with van der Waals surface area (Å²) < 4.78 is 5.19. The van der Waals surface area contributed by atoms with Gasteiger partial charge in [-0.05, 0) is 25.0 Å². The molecule has 0 aliphatic carbocycles. The average molecular weight is 236 g/mol. The van der Waals surface area contributed by atoms with E-state index in [2.05, 4.69) is 4.90 Å². The van der Waals surface area contributed by atoms with E-state index in [0.717, 1.165) is 25.1 Å². The van der Waals surface area contributed by atoms with E-state index >= 15 is 0 Å². The van der Waals surface area contributed by atoms with Crippen LogP contribution < -0.4 is 4.90 Å². The van der Waals surface area contributed by atoms with E-state index in [1.54, 1.807) is 19.2 Å². The minimum absolute atomic E-state index is 0.135. The molecule has 0 N–H and O–H groups in total. The number of methoxy groups -OCH3 is 1. The van der Waals surface area contributed by atoms with Crippen LogP contribution in [0.2, 0.25) is 0 Å². The Morgan fingerprint density at radius 2 is 2.18 bits per heavy atom. The van der Waals surface area contributed by atoms with Crippen molar-refractivity contribution in [3.63, 3.8) is 0 Å². The molecule has 0 radical (unpaired) electrons. The Balaban J connectivity index is 2.13. The number of ether oxygens (including phenoxy) is 1. The third kappa shape index (κ3) is 2.55. The number of nitro groups is 1. The lowest BCUT2D eigenvalue weighted by atomic mass is 10.2. The molecular weight excluding hydrogens is 220 g/mol. The van der Waals surface area contributed by atoms with E-state index in [0.29, 0.717) is 12.6 Å². The van der Waals surface area contributed by atoms with Crippen LogP contribution in [0.4, 0.5) is 11.4 Å². The zero-order valence-corrected chi connectivity index (χ0v) is 9.83. The molecule has 0 saturated carbocycles. The summed E-state index contributed by atoms with van der Waals surface area (Å²) in [5, 5.41) is 10.6. The summed E-state index contributed by atoms with van der Waals surface area (Å²) in [6.07, 6.45) is 2.26. The quantitative estimate of drug-likeness (QED) is 0.594. The van der Waals surface area contributed by atoms with Crippen LogP contribution >= 0.6 is 0 Å². The topological polar surface area (TPSA) is 55.6 Å². The lowest BCUT2D eigenvalue weighted by Crippen LogP contribution is -2.32. The first-order valence-corrected chi connectivity index (χ1v) is 5.72. The van der Waals surface area contributed by atoms with Gasteiger partial charge >= 0.3 is 0 Å². The van der Waals surface area contributed by atoms with E-state index in [1.807, 2.05) is 12.1 Å². The molecule has 1 aliphatic heterocycles. The molecule has 0 aromatic heterocycles. The Morgan fingerprint density at radius 3 is 2.76 bits per heavy atom. The molecule has 1 aromatic carbocycles. The molecule has 1 saturated heterocycles. The smallest absolute Gasteiger partial charge is 0.269 e. The fourth-order valence-electron chi connectivity index (χ4n) is 2.31. The Labute approximate surface area is 100 Å². The molecule has 1 aromatic rings. The predicted octanol–water partition coefficient (Wildman–Crippen LogP) is 2.21. The summed E-state index contributed by atoms with van der Waals surface area (Å²) >= 11 is 0. The fourth-order valence-corrected chi connectivity index (χ4v) is 2.31. The highest BCUT2D eigenvalue weighted by molar-refractivity contribution is 5.52. The lowest BCUT2D eigenvalue weighted by molar-refractivity contribution is -0.384. The van der Waals surface area contributed by atoms with Gasteiger partial charge in [0.1, 0.15) is 0 Å². The van der Waals surface area contributed by atoms with Gasteiger partial charge in [0.05, 0.1) is 17.6 Å². The number of hydrogen-bond acceptors (Lipinski definition) is 4. The number of anilines is 1. The largest absolute Gasteiger partial charge is 0.383 e. The van der Waals surface area contributed by atoms with Crippen molar-refractivity contribution in [2.24, 2.45) is 0 Å². The van der Waals surface area contributed by atoms with Crippen LogP contribution in [-0.4, -0.2) is 31.2 Å². The molecule has 1 aliphatic rings. The van der Waals surface area contributed by atoms with Gasteiger partial charge in [0.2, 0.25) is 0 Å². The summed E-state index contributed by atoms with van der Waals surface area (Å²) in [5.41, 5.74) is 1.17. The van der Waals surface area contributed by atoms with Crippen LogP contribution in [0.1, 0.15) is 12.8 Å². The van der Waals surface area contributed by atoms with Crippen molar-refractivity contribution in [1.82, 2.24) is 0 Å². The number of benzene rings is 1. The van der Waals surface area contributed by atoms with Crippen LogP contribution in [0.15, 0.2) is 24.3 Å². The standard InChI is InChI=1S/C12H16N2O3/c1-17-9-12-3-2-8-13(12)10-4-6-11(7-5-10)14(15)16/h4-7,12H,2-3,8-9H2,1H3. The maximum Gasteiger partial charge on any atom is 0.269 e. The number of hydrogen-bond donors (Lipinski definition) is 0. The summed E-state index contributed by atoms with van der Waals surface area (Å²) in [4.78, 5) is 12.5. The monoisotopic (exact) mass is 236 g/mol. The first-order valence-electron chi connectivity index (χ1n) is 5.72. The highest BCUT2D eigenvalue weighted by Gasteiger charge is 2.24. The SMILES string of the molecule is COCC1CCCN1c1ccc([N+](=O)[O-])cc1. The van der Waals surface area contributed by atoms with Crippen LogP contribution in [0, 0.1) is 10.1 Å². The zero-order chi connectivity index (χ0) is 12.3. The van der Waals surface area contributed by atoms with Crippen molar-refractivity contribution >= 4 is 11.4 Å². The Bertz CT molecular complexity index is 391. The van der Waals surface area contributed by atoms with Crippen LogP contribution in [0.3, 0.4) is 0 Å². The van der Waals surface area contributed by atoms with Gasteiger partial charge in [-0.3, -0.25) is 10.1 Å². The second kappa shape index (κ2) is 5.14. The fraction of sp³-hybridized carbons (Fsp3) is 0.500. The van der Waals surface area contributed by atoms with Crippen LogP contribution in [0.25, 0.3) is 0 Å². The van der Waals surface area contributed by atoms with Gasteiger partial charge < -0.3 is 9.64 Å². The molecule has 1 heterocycles. The summed E-state index contributed by atoms with van der Waals surface area (Å²) in [5.74, 6) is 0. The Morgan fingerprint density at radius 1 is 1.47 bits per heavy atom. The van der Waals surface area contributed by atoms with Crippen LogP contribution in [0.5, 0.6) is 0 Å². The van der Waals surface area contributed by atoms with Crippen molar-refractivity contribution in [2.45, 2.75) is 18.9 Å². The van der Waals surface area contributed by atoms with E-state index in [-0.39, 0.29) is 10.6 Å². The molecule has 2 rings (SSSR count). The van der Waals surface area contributed by atoms with E-state index in [1.165, 1.54) is 0 Å². The number of nitro benzene ring substituents is 1. The normalized spacial score (nSPS) is 19.6. The van der Waals surface area contributed by atoms with Gasteiger partial charge in [0.15, 0.2) is 0 Å². The highest BCUT2D eigenvalue weighted by Crippen LogP contribution is 2.27. The van der Waals surface area contributed by atoms with Crippen molar-refractivity contribution in [1.29, 1.82) is 0 Å². The van der Waals surface area contributed by atoms with Gasteiger partial charge in [-0.1, -0.05) is 0 Å². The molecule has 1 unspecified atom stereocenters. The lowest BCUT2D eigenvalue weighted by Gasteiger charge is -2.26. The molecule has 1 atom stereocenters. The molecule has 5 nitrogen and oxygen atoms in total. The molecular formula is C12H16N2O3. The van der Waals surface area contributed by atoms with Crippen molar-refractivity contribution in [3.05, 3.63) is 34.4 Å². The van der Waals surface area contributed by atoms with Gasteiger partial charge in [-0.15, -0.1) is 0 Å². The van der Waals surface area contributed by atoms with Crippen molar-refractivity contribution in [3.8, 4) is 0 Å². The number of rotatable bonds is 4. The van der Waals surface area contributed by atoms with Crippen LogP contribution in [-0.2, 0) is 4.74 Å². The average Bonchev–Trinajstić information content (AvgIpc) is 2.78. The summed E-state index contributed by atoms with van der Waals surface area (Å²) in [6.45, 7) is 1.70. The number of nitrogens with zero attached hydrogens (tertiary/aromatic N) is 2. The molecule has 0 amide bonds. The van der Waals surface area contributed by atoms with Gasteiger partial charge in [-0.25, -0.2) is 0 Å². The first-order chi connectivity index (χ1) is 8.22. The van der Waals surface area contributed by atoms with Gasteiger partial charge in [0, 0.05) is 31.5 Å². The third-order valence-electron chi connectivity index (χ3n) is 3.13. The summed E-state index contributed by atoms with van der Waals surface area (Å²) in [6, 6.07) is 7.12. The number of non-ortho nitro benzene ring substituents is 1. The van der Waals surface area contributed by atoms with Gasteiger partial charge in [-0.2, -0.15) is 0 Å². The minimum atomic E-state index is -0.375. The molecule has 0 bridgehead atoms. The predicted molar refractivity (Wildman–Crippen MR) is 65.3 cm³/mol. The maximum absolute atomic E-state index is 10.6. The molecule has 5 heteroatoms.